The van der Waals surface area contributed by atoms with Gasteiger partial charge in [-0.1, -0.05) is 19.1 Å². The quantitative estimate of drug-likeness (QED) is 0.791. The first-order valence-corrected chi connectivity index (χ1v) is 7.13. The summed E-state index contributed by atoms with van der Waals surface area (Å²) in [5.74, 6) is -1.36. The third kappa shape index (κ3) is 5.20. The van der Waals surface area contributed by atoms with Gasteiger partial charge in [0, 0.05) is 27.1 Å². The summed E-state index contributed by atoms with van der Waals surface area (Å²) in [5.41, 5.74) is 1.14. The molecule has 6 heteroatoms. The fourth-order valence-electron chi connectivity index (χ4n) is 2.10. The standard InChI is InChI=1S/C16H22N2O4/c1-11(15(20)17-2)10-18(3)14(19)9-6-12-4-7-13(8-5-12)16(21)22/h4-5,7-8,11H,6,9-10H2,1-3H3,(H,17,20)(H,21,22). The topological polar surface area (TPSA) is 86.7 Å². The van der Waals surface area contributed by atoms with Gasteiger partial charge in [0.2, 0.25) is 11.8 Å². The minimum atomic E-state index is -0.967. The van der Waals surface area contributed by atoms with Gasteiger partial charge in [-0.3, -0.25) is 9.59 Å². The Bertz CT molecular complexity index is 540. The van der Waals surface area contributed by atoms with Crippen molar-refractivity contribution in [1.82, 2.24) is 10.2 Å². The molecule has 0 spiro atoms. The molecule has 0 saturated carbocycles. The second-order valence-electron chi connectivity index (χ2n) is 5.29. The van der Waals surface area contributed by atoms with Crippen LogP contribution >= 0.6 is 0 Å². The Morgan fingerprint density at radius 2 is 1.82 bits per heavy atom. The molecular formula is C16H22N2O4. The Kier molecular flexibility index (Phi) is 6.56. The van der Waals surface area contributed by atoms with E-state index in [1.165, 1.54) is 12.1 Å². The first-order valence-electron chi connectivity index (χ1n) is 7.13. The molecule has 1 aromatic carbocycles. The Balaban J connectivity index is 2.48. The molecule has 6 nitrogen and oxygen atoms in total. The van der Waals surface area contributed by atoms with Gasteiger partial charge in [0.15, 0.2) is 0 Å². The molecule has 0 fully saturated rings. The van der Waals surface area contributed by atoms with E-state index in [1.54, 1.807) is 38.1 Å². The number of amides is 2. The zero-order valence-corrected chi connectivity index (χ0v) is 13.1. The van der Waals surface area contributed by atoms with Crippen LogP contribution < -0.4 is 5.32 Å². The molecule has 0 aromatic heterocycles. The lowest BCUT2D eigenvalue weighted by molar-refractivity contribution is -0.132. The monoisotopic (exact) mass is 306 g/mol. The summed E-state index contributed by atoms with van der Waals surface area (Å²) in [6.07, 6.45) is 0.862. The van der Waals surface area contributed by atoms with Crippen molar-refractivity contribution in [3.05, 3.63) is 35.4 Å². The first-order chi connectivity index (χ1) is 10.3. The summed E-state index contributed by atoms with van der Waals surface area (Å²) in [6, 6.07) is 6.48. The second-order valence-corrected chi connectivity index (χ2v) is 5.29. The van der Waals surface area contributed by atoms with Crippen LogP contribution in [0.5, 0.6) is 0 Å². The number of carboxylic acids is 1. The van der Waals surface area contributed by atoms with Gasteiger partial charge in [-0.2, -0.15) is 0 Å². The maximum absolute atomic E-state index is 12.0. The minimum Gasteiger partial charge on any atom is -0.478 e. The largest absolute Gasteiger partial charge is 0.478 e. The maximum atomic E-state index is 12.0. The van der Waals surface area contributed by atoms with Gasteiger partial charge >= 0.3 is 5.97 Å². The Hall–Kier alpha value is -2.37. The highest BCUT2D eigenvalue weighted by Gasteiger charge is 2.17. The molecule has 1 unspecified atom stereocenters. The smallest absolute Gasteiger partial charge is 0.335 e. The lowest BCUT2D eigenvalue weighted by atomic mass is 10.1. The molecule has 0 aliphatic carbocycles. The Morgan fingerprint density at radius 1 is 1.23 bits per heavy atom. The van der Waals surface area contributed by atoms with Gasteiger partial charge in [-0.05, 0) is 24.1 Å². The predicted octanol–water partition coefficient (Wildman–Crippen LogP) is 1.16. The number of hydrogen-bond donors (Lipinski definition) is 2. The van der Waals surface area contributed by atoms with Gasteiger partial charge in [0.05, 0.1) is 11.5 Å². The highest BCUT2D eigenvalue weighted by molar-refractivity contribution is 5.87. The van der Waals surface area contributed by atoms with Crippen LogP contribution in [0.4, 0.5) is 0 Å². The predicted molar refractivity (Wildman–Crippen MR) is 82.6 cm³/mol. The molecular weight excluding hydrogens is 284 g/mol. The van der Waals surface area contributed by atoms with Crippen molar-refractivity contribution in [3.63, 3.8) is 0 Å². The first kappa shape index (κ1) is 17.7. The van der Waals surface area contributed by atoms with Crippen LogP contribution in [-0.4, -0.2) is 48.4 Å². The molecule has 1 aromatic rings. The molecule has 1 atom stereocenters. The normalized spacial score (nSPS) is 11.6. The van der Waals surface area contributed by atoms with Crippen molar-refractivity contribution >= 4 is 17.8 Å². The van der Waals surface area contributed by atoms with E-state index in [2.05, 4.69) is 5.32 Å². The number of benzene rings is 1. The average molecular weight is 306 g/mol. The molecule has 0 saturated heterocycles. The molecule has 1 rings (SSSR count). The van der Waals surface area contributed by atoms with Crippen LogP contribution in [0.25, 0.3) is 0 Å². The highest BCUT2D eigenvalue weighted by atomic mass is 16.4. The third-order valence-electron chi connectivity index (χ3n) is 3.50. The Labute approximate surface area is 130 Å². The number of aromatic carboxylic acids is 1. The number of aryl methyl sites for hydroxylation is 1. The van der Waals surface area contributed by atoms with Crippen molar-refractivity contribution < 1.29 is 19.5 Å². The fraction of sp³-hybridized carbons (Fsp3) is 0.438. The number of carbonyl (C=O) groups excluding carboxylic acids is 2. The lowest BCUT2D eigenvalue weighted by Gasteiger charge is -2.20. The van der Waals surface area contributed by atoms with Crippen molar-refractivity contribution in [1.29, 1.82) is 0 Å². The van der Waals surface area contributed by atoms with E-state index in [9.17, 15) is 14.4 Å². The van der Waals surface area contributed by atoms with Crippen LogP contribution in [0.1, 0.15) is 29.3 Å². The summed E-state index contributed by atoms with van der Waals surface area (Å²) in [6.45, 7) is 2.14. The zero-order chi connectivity index (χ0) is 16.7. The number of nitrogens with zero attached hydrogens (tertiary/aromatic N) is 1. The number of rotatable bonds is 7. The van der Waals surface area contributed by atoms with Crippen LogP contribution in [0.3, 0.4) is 0 Å². The summed E-state index contributed by atoms with van der Waals surface area (Å²) in [5, 5.41) is 11.4. The van der Waals surface area contributed by atoms with Crippen LogP contribution in [-0.2, 0) is 16.0 Å². The lowest BCUT2D eigenvalue weighted by Crippen LogP contribution is -2.37. The molecule has 22 heavy (non-hydrogen) atoms. The molecule has 0 radical (unpaired) electrons. The van der Waals surface area contributed by atoms with Gasteiger partial charge in [0.25, 0.3) is 0 Å². The fourth-order valence-corrected chi connectivity index (χ4v) is 2.10. The molecule has 120 valence electrons. The van der Waals surface area contributed by atoms with Crippen LogP contribution in [0.15, 0.2) is 24.3 Å². The van der Waals surface area contributed by atoms with E-state index in [4.69, 9.17) is 5.11 Å². The van der Waals surface area contributed by atoms with Gasteiger partial charge in [-0.15, -0.1) is 0 Å². The minimum absolute atomic E-state index is 0.0435. The van der Waals surface area contributed by atoms with Crippen LogP contribution in [0.2, 0.25) is 0 Å². The highest BCUT2D eigenvalue weighted by Crippen LogP contribution is 2.08. The summed E-state index contributed by atoms with van der Waals surface area (Å²) in [7, 11) is 3.25. The number of nitrogens with one attached hydrogen (secondary N) is 1. The summed E-state index contributed by atoms with van der Waals surface area (Å²) in [4.78, 5) is 35.8. The van der Waals surface area contributed by atoms with Crippen molar-refractivity contribution in [2.75, 3.05) is 20.6 Å². The average Bonchev–Trinajstić information content (AvgIpc) is 2.51. The number of carboxylic acid groups (broad SMARTS) is 1. The maximum Gasteiger partial charge on any atom is 0.335 e. The van der Waals surface area contributed by atoms with E-state index in [1.807, 2.05) is 0 Å². The molecule has 0 aliphatic rings. The van der Waals surface area contributed by atoms with E-state index in [-0.39, 0.29) is 23.3 Å². The van der Waals surface area contributed by atoms with Gasteiger partial charge in [-0.25, -0.2) is 4.79 Å². The molecule has 0 heterocycles. The van der Waals surface area contributed by atoms with E-state index in [0.29, 0.717) is 19.4 Å². The SMILES string of the molecule is CNC(=O)C(C)CN(C)C(=O)CCc1ccc(C(=O)O)cc1. The summed E-state index contributed by atoms with van der Waals surface area (Å²) < 4.78 is 0. The number of carbonyl (C=O) groups is 3. The molecule has 0 bridgehead atoms. The molecule has 2 amide bonds. The zero-order valence-electron chi connectivity index (χ0n) is 13.1. The summed E-state index contributed by atoms with van der Waals surface area (Å²) >= 11 is 0. The van der Waals surface area contributed by atoms with Crippen LogP contribution in [0, 0.1) is 5.92 Å². The number of hydrogen-bond acceptors (Lipinski definition) is 3. The van der Waals surface area contributed by atoms with E-state index in [0.717, 1.165) is 5.56 Å². The van der Waals surface area contributed by atoms with Gasteiger partial charge < -0.3 is 15.3 Å². The van der Waals surface area contributed by atoms with E-state index < -0.39 is 5.97 Å². The molecule has 2 N–H and O–H groups in total. The van der Waals surface area contributed by atoms with Crippen molar-refractivity contribution in [2.24, 2.45) is 5.92 Å². The van der Waals surface area contributed by atoms with Crippen molar-refractivity contribution in [3.8, 4) is 0 Å². The third-order valence-corrected chi connectivity index (χ3v) is 3.50. The van der Waals surface area contributed by atoms with Gasteiger partial charge in [0.1, 0.15) is 0 Å². The van der Waals surface area contributed by atoms with E-state index >= 15 is 0 Å². The molecule has 0 aliphatic heterocycles. The second kappa shape index (κ2) is 8.17. The Morgan fingerprint density at radius 3 is 2.32 bits per heavy atom. The van der Waals surface area contributed by atoms with Crippen molar-refractivity contribution in [2.45, 2.75) is 19.8 Å².